The molecule has 4 heterocycles. The summed E-state index contributed by atoms with van der Waals surface area (Å²) in [6, 6.07) is 2.15. The van der Waals surface area contributed by atoms with Crippen LogP contribution in [0, 0.1) is 0 Å². The number of H-pyrrole nitrogens is 1. The molecule has 0 spiro atoms. The van der Waals surface area contributed by atoms with E-state index in [9.17, 15) is 9.59 Å². The zero-order valence-electron chi connectivity index (χ0n) is 18.8. The number of hydrogen-bond donors (Lipinski definition) is 3. The van der Waals surface area contributed by atoms with Crippen molar-refractivity contribution in [3.05, 3.63) is 24.0 Å². The number of ether oxygens (including phenoxy) is 1. The zero-order chi connectivity index (χ0) is 23.0. The molecule has 0 saturated carbocycles. The highest BCUT2D eigenvalue weighted by Crippen LogP contribution is 2.39. The lowest BCUT2D eigenvalue weighted by atomic mass is 9.97. The van der Waals surface area contributed by atoms with Crippen LogP contribution in [0.1, 0.15) is 63.7 Å². The van der Waals surface area contributed by atoms with Gasteiger partial charge in [-0.05, 0) is 59.4 Å². The molecule has 172 valence electrons. The third-order valence-corrected chi connectivity index (χ3v) is 5.76. The lowest BCUT2D eigenvalue weighted by molar-refractivity contribution is 0.00683. The number of hydrogen-bond acceptors (Lipinski definition) is 7. The largest absolute Gasteiger partial charge is 0.444 e. The van der Waals surface area contributed by atoms with Gasteiger partial charge in [-0.15, -0.1) is 0 Å². The van der Waals surface area contributed by atoms with Crippen LogP contribution in [0.4, 0.5) is 10.5 Å². The van der Waals surface area contributed by atoms with Gasteiger partial charge < -0.3 is 30.5 Å². The van der Waals surface area contributed by atoms with Crippen LogP contribution < -0.4 is 11.1 Å². The van der Waals surface area contributed by atoms with Crippen molar-refractivity contribution in [3.63, 3.8) is 0 Å². The zero-order valence-corrected chi connectivity index (χ0v) is 18.8. The summed E-state index contributed by atoms with van der Waals surface area (Å²) >= 11 is 0. The van der Waals surface area contributed by atoms with Gasteiger partial charge in [-0.3, -0.25) is 0 Å². The SMILES string of the molecule is C/C(N)=N/OC(=O)c1cnc2[nH]ccc2c1N[C@H]1C[C@H]2CC[C@@H](C1)N2C(=O)OC(C)(C)C. The molecule has 2 bridgehead atoms. The fraction of sp³-hybridized carbons (Fsp3) is 0.545. The second kappa shape index (κ2) is 8.33. The van der Waals surface area contributed by atoms with E-state index in [0.29, 0.717) is 11.3 Å². The standard InChI is InChI=1S/C22H30N6O4/c1-12(23)27-32-20(29)17-11-25-19-16(7-8-24-19)18(17)26-13-9-14-5-6-15(10-13)28(14)21(30)31-22(2,3)4/h7-8,11,13-15H,5-6,9-10H2,1-4H3,(H2,23,27)(H2,24,25,26)/t13-,14+,15-. The molecule has 0 unspecified atom stereocenters. The molecule has 2 aromatic heterocycles. The number of carbonyl (C=O) groups is 2. The molecule has 32 heavy (non-hydrogen) atoms. The molecule has 0 aliphatic carbocycles. The minimum absolute atomic E-state index is 0.0815. The number of aromatic amines is 1. The fourth-order valence-corrected chi connectivity index (χ4v) is 4.59. The molecule has 4 rings (SSSR count). The van der Waals surface area contributed by atoms with E-state index in [-0.39, 0.29) is 35.6 Å². The predicted molar refractivity (Wildman–Crippen MR) is 120 cm³/mol. The molecule has 3 atom stereocenters. The molecule has 2 aliphatic rings. The minimum Gasteiger partial charge on any atom is -0.444 e. The Morgan fingerprint density at radius 3 is 2.59 bits per heavy atom. The van der Waals surface area contributed by atoms with Crippen molar-refractivity contribution in [1.29, 1.82) is 0 Å². The van der Waals surface area contributed by atoms with E-state index >= 15 is 0 Å². The Morgan fingerprint density at radius 2 is 1.97 bits per heavy atom. The number of amidine groups is 1. The van der Waals surface area contributed by atoms with Crippen molar-refractivity contribution < 1.29 is 19.2 Å². The lowest BCUT2D eigenvalue weighted by Crippen LogP contribution is -2.51. The summed E-state index contributed by atoms with van der Waals surface area (Å²) in [5.41, 5.74) is 6.55. The average Bonchev–Trinajstić information content (AvgIpc) is 3.28. The number of fused-ring (bicyclic) bond motifs is 3. The van der Waals surface area contributed by atoms with Gasteiger partial charge in [0.2, 0.25) is 0 Å². The monoisotopic (exact) mass is 442 g/mol. The maximum Gasteiger partial charge on any atom is 0.410 e. The topological polar surface area (TPSA) is 135 Å². The van der Waals surface area contributed by atoms with Gasteiger partial charge in [0, 0.05) is 35.9 Å². The summed E-state index contributed by atoms with van der Waals surface area (Å²) < 4.78 is 5.63. The summed E-state index contributed by atoms with van der Waals surface area (Å²) in [6.07, 6.45) is 6.40. The van der Waals surface area contributed by atoms with Crippen LogP contribution in [0.3, 0.4) is 0 Å². The summed E-state index contributed by atoms with van der Waals surface area (Å²) in [5.74, 6) is -0.489. The number of pyridine rings is 1. The number of aromatic nitrogens is 2. The van der Waals surface area contributed by atoms with Crippen LogP contribution in [0.5, 0.6) is 0 Å². The Labute approximate surface area is 186 Å². The highest BCUT2D eigenvalue weighted by molar-refractivity contribution is 6.04. The van der Waals surface area contributed by atoms with Crippen molar-refractivity contribution in [2.75, 3.05) is 5.32 Å². The number of oxime groups is 1. The molecule has 0 radical (unpaired) electrons. The first-order chi connectivity index (χ1) is 15.1. The number of rotatable bonds is 4. The Bertz CT molecular complexity index is 1040. The first-order valence-electron chi connectivity index (χ1n) is 10.9. The minimum atomic E-state index is -0.637. The quantitative estimate of drug-likeness (QED) is 0.286. The second-order valence-electron chi connectivity index (χ2n) is 9.48. The molecular weight excluding hydrogens is 412 g/mol. The molecule has 10 nitrogen and oxygen atoms in total. The van der Waals surface area contributed by atoms with Crippen LogP contribution >= 0.6 is 0 Å². The van der Waals surface area contributed by atoms with Gasteiger partial charge >= 0.3 is 12.1 Å². The van der Waals surface area contributed by atoms with Gasteiger partial charge in [0.1, 0.15) is 22.6 Å². The predicted octanol–water partition coefficient (Wildman–Crippen LogP) is 3.35. The molecule has 2 saturated heterocycles. The van der Waals surface area contributed by atoms with Gasteiger partial charge in [-0.2, -0.15) is 0 Å². The fourth-order valence-electron chi connectivity index (χ4n) is 4.59. The first kappa shape index (κ1) is 21.9. The number of amides is 1. The van der Waals surface area contributed by atoms with Crippen molar-refractivity contribution in [3.8, 4) is 0 Å². The molecule has 0 aromatic carbocycles. The number of nitrogens with two attached hydrogens (primary N) is 1. The van der Waals surface area contributed by atoms with Gasteiger partial charge in [-0.25, -0.2) is 14.6 Å². The third kappa shape index (κ3) is 4.49. The normalized spacial score (nSPS) is 23.3. The highest BCUT2D eigenvalue weighted by Gasteiger charge is 2.45. The Morgan fingerprint density at radius 1 is 1.28 bits per heavy atom. The Kier molecular flexibility index (Phi) is 5.70. The van der Waals surface area contributed by atoms with Gasteiger partial charge in [0.25, 0.3) is 0 Å². The van der Waals surface area contributed by atoms with Crippen LogP contribution in [-0.4, -0.2) is 56.5 Å². The van der Waals surface area contributed by atoms with Gasteiger partial charge in [-0.1, -0.05) is 5.16 Å². The van der Waals surface area contributed by atoms with Crippen LogP contribution in [0.2, 0.25) is 0 Å². The molecular formula is C22H30N6O4. The smallest absolute Gasteiger partial charge is 0.410 e. The van der Waals surface area contributed by atoms with Crippen molar-refractivity contribution in [1.82, 2.24) is 14.9 Å². The Hall–Kier alpha value is -3.30. The molecule has 2 aromatic rings. The van der Waals surface area contributed by atoms with Crippen molar-refractivity contribution >= 4 is 34.6 Å². The number of nitrogens with one attached hydrogen (secondary N) is 2. The maximum atomic E-state index is 12.7. The molecule has 2 aliphatic heterocycles. The molecule has 10 heteroatoms. The average molecular weight is 443 g/mol. The molecule has 1 amide bonds. The molecule has 4 N–H and O–H groups in total. The van der Waals surface area contributed by atoms with Gasteiger partial charge in [0.05, 0.1) is 5.69 Å². The Balaban J connectivity index is 1.55. The van der Waals surface area contributed by atoms with Crippen LogP contribution in [0.15, 0.2) is 23.6 Å². The van der Waals surface area contributed by atoms with E-state index in [4.69, 9.17) is 15.3 Å². The van der Waals surface area contributed by atoms with Crippen LogP contribution in [-0.2, 0) is 9.57 Å². The summed E-state index contributed by atoms with van der Waals surface area (Å²) in [7, 11) is 0. The maximum absolute atomic E-state index is 12.7. The molecule has 2 fully saturated rings. The number of piperidine rings is 1. The van der Waals surface area contributed by atoms with E-state index in [2.05, 4.69) is 20.4 Å². The van der Waals surface area contributed by atoms with E-state index in [1.807, 2.05) is 31.7 Å². The first-order valence-corrected chi connectivity index (χ1v) is 10.9. The van der Waals surface area contributed by atoms with Crippen molar-refractivity contribution in [2.45, 2.75) is 77.1 Å². The van der Waals surface area contributed by atoms with E-state index in [1.165, 1.54) is 13.1 Å². The van der Waals surface area contributed by atoms with E-state index in [1.54, 1.807) is 6.20 Å². The van der Waals surface area contributed by atoms with Crippen LogP contribution in [0.25, 0.3) is 11.0 Å². The summed E-state index contributed by atoms with van der Waals surface area (Å²) in [6.45, 7) is 7.17. The summed E-state index contributed by atoms with van der Waals surface area (Å²) in [4.78, 5) is 39.6. The number of anilines is 1. The highest BCUT2D eigenvalue weighted by atomic mass is 16.7. The lowest BCUT2D eigenvalue weighted by Gasteiger charge is -2.40. The van der Waals surface area contributed by atoms with E-state index in [0.717, 1.165) is 31.1 Å². The van der Waals surface area contributed by atoms with E-state index < -0.39 is 11.6 Å². The third-order valence-electron chi connectivity index (χ3n) is 5.76. The number of nitrogens with zero attached hydrogens (tertiary/aromatic N) is 3. The second-order valence-corrected chi connectivity index (χ2v) is 9.48. The van der Waals surface area contributed by atoms with Gasteiger partial charge in [0.15, 0.2) is 0 Å². The summed E-state index contributed by atoms with van der Waals surface area (Å²) in [5, 5.41) is 7.90. The number of carbonyl (C=O) groups excluding carboxylic acids is 2. The van der Waals surface area contributed by atoms with Crippen molar-refractivity contribution in [2.24, 2.45) is 10.9 Å².